The van der Waals surface area contributed by atoms with Crippen molar-refractivity contribution < 1.29 is 14.3 Å². The molecule has 0 aliphatic rings. The topological polar surface area (TPSA) is 59.6 Å². The average Bonchev–Trinajstić information content (AvgIpc) is 2.65. The van der Waals surface area contributed by atoms with Crippen LogP contribution < -0.4 is 20.1 Å². The highest BCUT2D eigenvalue weighted by Crippen LogP contribution is 2.16. The van der Waals surface area contributed by atoms with E-state index in [9.17, 15) is 4.79 Å². The molecular formula is C20H24N2O3S. The van der Waals surface area contributed by atoms with Crippen LogP contribution in [0.1, 0.15) is 26.2 Å². The number of unbranched alkanes of at least 4 members (excludes halogenated alkanes) is 1. The van der Waals surface area contributed by atoms with E-state index in [0.29, 0.717) is 24.7 Å². The Hall–Kier alpha value is -2.60. The van der Waals surface area contributed by atoms with Crippen molar-refractivity contribution in [3.05, 3.63) is 54.6 Å². The lowest BCUT2D eigenvalue weighted by molar-refractivity contribution is -0.119. The Morgan fingerprint density at radius 3 is 2.19 bits per heavy atom. The van der Waals surface area contributed by atoms with Crippen molar-refractivity contribution in [3.63, 3.8) is 0 Å². The maximum Gasteiger partial charge on any atom is 0.226 e. The van der Waals surface area contributed by atoms with E-state index in [0.717, 1.165) is 30.0 Å². The molecule has 0 radical (unpaired) electrons. The van der Waals surface area contributed by atoms with Crippen LogP contribution in [-0.4, -0.2) is 24.2 Å². The second kappa shape index (κ2) is 11.1. The predicted octanol–water partition coefficient (Wildman–Crippen LogP) is 4.15. The predicted molar refractivity (Wildman–Crippen MR) is 108 cm³/mol. The molecule has 0 atom stereocenters. The largest absolute Gasteiger partial charge is 0.490 e. The Bertz CT molecular complexity index is 690. The third-order valence-electron chi connectivity index (χ3n) is 3.49. The van der Waals surface area contributed by atoms with E-state index in [1.807, 2.05) is 61.5 Å². The highest BCUT2D eigenvalue weighted by molar-refractivity contribution is 7.80. The summed E-state index contributed by atoms with van der Waals surface area (Å²) in [4.78, 5) is 11.6. The molecule has 6 heteroatoms. The molecule has 2 N–H and O–H groups in total. The maximum absolute atomic E-state index is 11.6. The van der Waals surface area contributed by atoms with Gasteiger partial charge in [-0.1, -0.05) is 31.5 Å². The molecule has 138 valence electrons. The van der Waals surface area contributed by atoms with Crippen molar-refractivity contribution in [2.45, 2.75) is 26.2 Å². The smallest absolute Gasteiger partial charge is 0.226 e. The zero-order valence-corrected chi connectivity index (χ0v) is 15.7. The Balaban J connectivity index is 1.68. The Labute approximate surface area is 159 Å². The molecule has 0 saturated carbocycles. The molecule has 0 spiro atoms. The minimum atomic E-state index is -0.0669. The van der Waals surface area contributed by atoms with Gasteiger partial charge in [-0.2, -0.15) is 0 Å². The van der Waals surface area contributed by atoms with Crippen LogP contribution in [0.15, 0.2) is 54.6 Å². The SMILES string of the molecule is CCCCC(=O)NC(=S)Nc1ccc(OCCOc2ccccc2)cc1. The fraction of sp³-hybridized carbons (Fsp3) is 0.300. The number of benzene rings is 2. The third kappa shape index (κ3) is 7.53. The van der Waals surface area contributed by atoms with Crippen LogP contribution in [0, 0.1) is 0 Å². The fourth-order valence-electron chi connectivity index (χ4n) is 2.16. The molecule has 26 heavy (non-hydrogen) atoms. The lowest BCUT2D eigenvalue weighted by atomic mass is 10.2. The van der Waals surface area contributed by atoms with Crippen LogP contribution in [-0.2, 0) is 4.79 Å². The zero-order valence-electron chi connectivity index (χ0n) is 14.9. The lowest BCUT2D eigenvalue weighted by Gasteiger charge is -2.11. The first-order valence-corrected chi connectivity index (χ1v) is 9.09. The van der Waals surface area contributed by atoms with Gasteiger partial charge in [-0.3, -0.25) is 4.79 Å². The van der Waals surface area contributed by atoms with Gasteiger partial charge in [0, 0.05) is 12.1 Å². The second-order valence-corrected chi connectivity index (χ2v) is 6.05. The van der Waals surface area contributed by atoms with Gasteiger partial charge in [-0.05, 0) is 55.0 Å². The van der Waals surface area contributed by atoms with Crippen LogP contribution in [0.25, 0.3) is 0 Å². The molecule has 0 saturated heterocycles. The van der Waals surface area contributed by atoms with E-state index in [1.54, 1.807) is 0 Å². The fourth-order valence-corrected chi connectivity index (χ4v) is 2.39. The maximum atomic E-state index is 11.6. The zero-order chi connectivity index (χ0) is 18.6. The number of thiocarbonyl (C=S) groups is 1. The third-order valence-corrected chi connectivity index (χ3v) is 3.69. The summed E-state index contributed by atoms with van der Waals surface area (Å²) >= 11 is 5.14. The van der Waals surface area contributed by atoms with Crippen LogP contribution in [0.5, 0.6) is 11.5 Å². The van der Waals surface area contributed by atoms with Crippen molar-refractivity contribution in [2.75, 3.05) is 18.5 Å². The van der Waals surface area contributed by atoms with Crippen molar-refractivity contribution in [1.82, 2.24) is 5.32 Å². The van der Waals surface area contributed by atoms with Gasteiger partial charge in [0.25, 0.3) is 0 Å². The Morgan fingerprint density at radius 1 is 0.962 bits per heavy atom. The molecule has 5 nitrogen and oxygen atoms in total. The first-order chi connectivity index (χ1) is 12.7. The van der Waals surface area contributed by atoms with Crippen molar-refractivity contribution in [2.24, 2.45) is 0 Å². The minimum absolute atomic E-state index is 0.0669. The van der Waals surface area contributed by atoms with Gasteiger partial charge in [0.2, 0.25) is 5.91 Å². The van der Waals surface area contributed by atoms with Gasteiger partial charge in [0.1, 0.15) is 24.7 Å². The van der Waals surface area contributed by atoms with E-state index in [4.69, 9.17) is 21.7 Å². The number of ether oxygens (including phenoxy) is 2. The molecule has 0 fully saturated rings. The van der Waals surface area contributed by atoms with Crippen molar-refractivity contribution in [3.8, 4) is 11.5 Å². The monoisotopic (exact) mass is 372 g/mol. The number of nitrogens with one attached hydrogen (secondary N) is 2. The summed E-state index contributed by atoms with van der Waals surface area (Å²) in [6.07, 6.45) is 2.32. The van der Waals surface area contributed by atoms with Gasteiger partial charge in [0.15, 0.2) is 5.11 Å². The van der Waals surface area contributed by atoms with E-state index >= 15 is 0 Å². The molecular weight excluding hydrogens is 348 g/mol. The molecule has 0 bridgehead atoms. The molecule has 2 aromatic carbocycles. The summed E-state index contributed by atoms with van der Waals surface area (Å²) in [6.45, 7) is 2.97. The summed E-state index contributed by atoms with van der Waals surface area (Å²) in [5.74, 6) is 1.50. The molecule has 0 aliphatic heterocycles. The molecule has 0 aliphatic carbocycles. The molecule has 2 aromatic rings. The Morgan fingerprint density at radius 2 is 1.58 bits per heavy atom. The Kier molecular flexibility index (Phi) is 8.42. The molecule has 1 amide bonds. The normalized spacial score (nSPS) is 10.0. The second-order valence-electron chi connectivity index (χ2n) is 5.64. The summed E-state index contributed by atoms with van der Waals surface area (Å²) in [5, 5.41) is 5.96. The number of carbonyl (C=O) groups is 1. The molecule has 0 unspecified atom stereocenters. The number of hydrogen-bond acceptors (Lipinski definition) is 4. The van der Waals surface area contributed by atoms with E-state index in [1.165, 1.54) is 0 Å². The van der Waals surface area contributed by atoms with Crippen LogP contribution in [0.2, 0.25) is 0 Å². The minimum Gasteiger partial charge on any atom is -0.490 e. The van der Waals surface area contributed by atoms with Crippen molar-refractivity contribution in [1.29, 1.82) is 0 Å². The average molecular weight is 372 g/mol. The van der Waals surface area contributed by atoms with Gasteiger partial charge in [0.05, 0.1) is 0 Å². The van der Waals surface area contributed by atoms with E-state index < -0.39 is 0 Å². The molecule has 0 heterocycles. The highest BCUT2D eigenvalue weighted by atomic mass is 32.1. The van der Waals surface area contributed by atoms with Crippen LogP contribution in [0.3, 0.4) is 0 Å². The number of para-hydroxylation sites is 1. The van der Waals surface area contributed by atoms with E-state index in [2.05, 4.69) is 10.6 Å². The highest BCUT2D eigenvalue weighted by Gasteiger charge is 2.04. The van der Waals surface area contributed by atoms with Crippen molar-refractivity contribution >= 4 is 28.9 Å². The van der Waals surface area contributed by atoms with E-state index in [-0.39, 0.29) is 5.91 Å². The summed E-state index contributed by atoms with van der Waals surface area (Å²) in [7, 11) is 0. The quantitative estimate of drug-likeness (QED) is 0.512. The van der Waals surface area contributed by atoms with Crippen LogP contribution >= 0.6 is 12.2 Å². The number of hydrogen-bond donors (Lipinski definition) is 2. The summed E-state index contributed by atoms with van der Waals surface area (Å²) in [6, 6.07) is 17.0. The first kappa shape index (κ1) is 19.7. The number of carbonyl (C=O) groups excluding carboxylic acids is 1. The first-order valence-electron chi connectivity index (χ1n) is 8.69. The van der Waals surface area contributed by atoms with Gasteiger partial charge < -0.3 is 20.1 Å². The standard InChI is InChI=1S/C20H24N2O3S/c1-2-3-9-19(23)22-20(26)21-16-10-12-18(13-11-16)25-15-14-24-17-7-5-4-6-8-17/h4-8,10-13H,2-3,9,14-15H2,1H3,(H2,21,22,23,26). The molecule has 0 aromatic heterocycles. The van der Waals surface area contributed by atoms with Gasteiger partial charge in [-0.15, -0.1) is 0 Å². The van der Waals surface area contributed by atoms with Gasteiger partial charge >= 0.3 is 0 Å². The summed E-state index contributed by atoms with van der Waals surface area (Å²) in [5.41, 5.74) is 0.790. The molecule has 2 rings (SSSR count). The number of anilines is 1. The summed E-state index contributed by atoms with van der Waals surface area (Å²) < 4.78 is 11.2. The van der Waals surface area contributed by atoms with Gasteiger partial charge in [-0.25, -0.2) is 0 Å². The lowest BCUT2D eigenvalue weighted by Crippen LogP contribution is -2.33. The number of amides is 1. The number of rotatable bonds is 9. The van der Waals surface area contributed by atoms with Crippen LogP contribution in [0.4, 0.5) is 5.69 Å².